The lowest BCUT2D eigenvalue weighted by molar-refractivity contribution is 0.102. The zero-order chi connectivity index (χ0) is 18.8. The number of aromatic amines is 1. The first kappa shape index (κ1) is 17.9. The van der Waals surface area contributed by atoms with Crippen molar-refractivity contribution in [1.82, 2.24) is 19.7 Å². The Morgan fingerprint density at radius 3 is 2.78 bits per heavy atom. The van der Waals surface area contributed by atoms with Gasteiger partial charge >= 0.3 is 0 Å². The molecule has 1 fully saturated rings. The van der Waals surface area contributed by atoms with Gasteiger partial charge in [0.15, 0.2) is 10.9 Å². The molecule has 1 aliphatic heterocycles. The molecule has 0 aromatic carbocycles. The van der Waals surface area contributed by atoms with Crippen molar-refractivity contribution in [3.63, 3.8) is 0 Å². The average Bonchev–Trinajstić information content (AvgIpc) is 3.41. The van der Waals surface area contributed by atoms with Crippen molar-refractivity contribution in [2.75, 3.05) is 23.7 Å². The Hall–Kier alpha value is -2.48. The van der Waals surface area contributed by atoms with Crippen molar-refractivity contribution in [2.24, 2.45) is 0 Å². The lowest BCUT2D eigenvalue weighted by Gasteiger charge is -2.17. The van der Waals surface area contributed by atoms with Crippen molar-refractivity contribution >= 4 is 23.5 Å². The number of ketones is 1. The number of aryl methyl sites for hydroxylation is 2. The van der Waals surface area contributed by atoms with Crippen molar-refractivity contribution in [3.8, 4) is 0 Å². The molecular weight excluding hydrogens is 362 g/mol. The highest BCUT2D eigenvalue weighted by Gasteiger charge is 2.23. The number of Topliss-reactive ketones (excluding diaryl/α,β-unsaturated/α-hetero) is 1. The molecule has 0 unspecified atom stereocenters. The summed E-state index contributed by atoms with van der Waals surface area (Å²) >= 11 is 1.43. The molecule has 0 bridgehead atoms. The van der Waals surface area contributed by atoms with Crippen LogP contribution in [0.5, 0.6) is 0 Å². The summed E-state index contributed by atoms with van der Waals surface area (Å²) in [6.07, 6.45) is 4.00. The van der Waals surface area contributed by atoms with Gasteiger partial charge in [-0.15, -0.1) is 10.2 Å². The Labute approximate surface area is 162 Å². The van der Waals surface area contributed by atoms with Crippen LogP contribution in [-0.4, -0.2) is 44.4 Å². The number of hydrogen-bond acceptors (Lipinski definition) is 6. The summed E-state index contributed by atoms with van der Waals surface area (Å²) in [5, 5.41) is 9.52. The molecule has 4 rings (SSSR count). The van der Waals surface area contributed by atoms with Crippen LogP contribution in [0.3, 0.4) is 0 Å². The van der Waals surface area contributed by atoms with Crippen LogP contribution in [0.25, 0.3) is 0 Å². The zero-order valence-electron chi connectivity index (χ0n) is 15.6. The summed E-state index contributed by atoms with van der Waals surface area (Å²) in [6, 6.07) is 5.73. The molecule has 0 atom stereocenters. The maximum Gasteiger partial charge on any atom is 0.228 e. The average molecular weight is 385 g/mol. The van der Waals surface area contributed by atoms with E-state index in [1.54, 1.807) is 6.26 Å². The van der Waals surface area contributed by atoms with Crippen LogP contribution in [-0.2, 0) is 6.54 Å². The molecule has 1 aliphatic rings. The minimum Gasteiger partial charge on any atom is -0.467 e. The van der Waals surface area contributed by atoms with E-state index in [2.05, 4.69) is 24.6 Å². The standard InChI is InChI=1S/C19H23N5O2S/c1-13-10-16(14(2)20-13)17(25)12-27-19-22-21-18(23-7-3-4-8-23)24(19)11-15-6-5-9-26-15/h5-6,9-10,20H,3-4,7-8,11-12H2,1-2H3. The number of nitrogens with zero attached hydrogens (tertiary/aromatic N) is 4. The van der Waals surface area contributed by atoms with Gasteiger partial charge in [-0.2, -0.15) is 0 Å². The fourth-order valence-corrected chi connectivity index (χ4v) is 4.27. The number of furan rings is 1. The van der Waals surface area contributed by atoms with Crippen LogP contribution in [0, 0.1) is 13.8 Å². The lowest BCUT2D eigenvalue weighted by atomic mass is 10.2. The number of H-pyrrole nitrogens is 1. The lowest BCUT2D eigenvalue weighted by Crippen LogP contribution is -2.22. The van der Waals surface area contributed by atoms with E-state index in [0.717, 1.165) is 46.9 Å². The minimum absolute atomic E-state index is 0.0946. The third-order valence-electron chi connectivity index (χ3n) is 4.76. The van der Waals surface area contributed by atoms with Crippen molar-refractivity contribution in [3.05, 3.63) is 47.2 Å². The molecule has 0 saturated carbocycles. The van der Waals surface area contributed by atoms with Crippen LogP contribution in [0.4, 0.5) is 5.95 Å². The van der Waals surface area contributed by atoms with Crippen LogP contribution in [0.15, 0.2) is 34.0 Å². The second-order valence-electron chi connectivity index (χ2n) is 6.85. The molecule has 27 heavy (non-hydrogen) atoms. The van der Waals surface area contributed by atoms with Gasteiger partial charge in [-0.25, -0.2) is 0 Å². The van der Waals surface area contributed by atoms with Crippen molar-refractivity contribution in [1.29, 1.82) is 0 Å². The molecular formula is C19H23N5O2S. The van der Waals surface area contributed by atoms with E-state index in [1.807, 2.05) is 32.0 Å². The zero-order valence-corrected chi connectivity index (χ0v) is 16.4. The maximum atomic E-state index is 12.6. The Balaban J connectivity index is 1.54. The normalized spacial score (nSPS) is 14.2. The molecule has 3 aromatic rings. The topological polar surface area (TPSA) is 79.9 Å². The number of carbonyl (C=O) groups excluding carboxylic acids is 1. The van der Waals surface area contributed by atoms with Gasteiger partial charge in [0.25, 0.3) is 0 Å². The summed E-state index contributed by atoms with van der Waals surface area (Å²) < 4.78 is 7.57. The van der Waals surface area contributed by atoms with E-state index in [0.29, 0.717) is 12.3 Å². The van der Waals surface area contributed by atoms with E-state index >= 15 is 0 Å². The molecule has 0 spiro atoms. The summed E-state index contributed by atoms with van der Waals surface area (Å²) in [6.45, 7) is 6.42. The smallest absolute Gasteiger partial charge is 0.228 e. The number of carbonyl (C=O) groups is 1. The first-order valence-electron chi connectivity index (χ1n) is 9.14. The molecule has 142 valence electrons. The molecule has 8 heteroatoms. The van der Waals surface area contributed by atoms with Crippen LogP contribution in [0.1, 0.15) is 40.3 Å². The van der Waals surface area contributed by atoms with Crippen molar-refractivity contribution in [2.45, 2.75) is 38.4 Å². The monoisotopic (exact) mass is 385 g/mol. The fourth-order valence-electron chi connectivity index (χ4n) is 3.46. The highest BCUT2D eigenvalue weighted by molar-refractivity contribution is 7.99. The highest BCUT2D eigenvalue weighted by Crippen LogP contribution is 2.26. The molecule has 0 radical (unpaired) electrons. The molecule has 1 saturated heterocycles. The van der Waals surface area contributed by atoms with E-state index in [1.165, 1.54) is 24.6 Å². The number of aromatic nitrogens is 4. The molecule has 7 nitrogen and oxygen atoms in total. The van der Waals surface area contributed by atoms with Gasteiger partial charge in [-0.1, -0.05) is 11.8 Å². The Bertz CT molecular complexity index is 922. The van der Waals surface area contributed by atoms with E-state index < -0.39 is 0 Å². The molecule has 0 aliphatic carbocycles. The maximum absolute atomic E-state index is 12.6. The first-order valence-corrected chi connectivity index (χ1v) is 10.1. The first-order chi connectivity index (χ1) is 13.1. The summed E-state index contributed by atoms with van der Waals surface area (Å²) in [5.41, 5.74) is 2.66. The summed E-state index contributed by atoms with van der Waals surface area (Å²) in [5.74, 6) is 2.12. The third-order valence-corrected chi connectivity index (χ3v) is 5.73. The number of nitrogens with one attached hydrogen (secondary N) is 1. The van der Waals surface area contributed by atoms with Gasteiger partial charge in [0.05, 0.1) is 18.6 Å². The van der Waals surface area contributed by atoms with Crippen LogP contribution < -0.4 is 4.90 Å². The number of anilines is 1. The van der Waals surface area contributed by atoms with Gasteiger partial charge in [0.2, 0.25) is 5.95 Å². The Morgan fingerprint density at radius 1 is 1.30 bits per heavy atom. The summed E-state index contributed by atoms with van der Waals surface area (Å²) in [7, 11) is 0. The van der Waals surface area contributed by atoms with Gasteiger partial charge in [0.1, 0.15) is 5.76 Å². The van der Waals surface area contributed by atoms with E-state index in [4.69, 9.17) is 4.42 Å². The molecule has 3 aromatic heterocycles. The highest BCUT2D eigenvalue weighted by atomic mass is 32.2. The Morgan fingerprint density at radius 2 is 2.11 bits per heavy atom. The molecule has 0 amide bonds. The van der Waals surface area contributed by atoms with Gasteiger partial charge in [0, 0.05) is 30.0 Å². The third kappa shape index (κ3) is 3.80. The predicted octanol–water partition coefficient (Wildman–Crippen LogP) is 3.44. The van der Waals surface area contributed by atoms with Gasteiger partial charge in [-0.05, 0) is 44.9 Å². The van der Waals surface area contributed by atoms with E-state index in [9.17, 15) is 4.79 Å². The molecule has 4 heterocycles. The largest absolute Gasteiger partial charge is 0.467 e. The fraction of sp³-hybridized carbons (Fsp3) is 0.421. The minimum atomic E-state index is 0.0946. The van der Waals surface area contributed by atoms with E-state index in [-0.39, 0.29) is 5.78 Å². The number of rotatable bonds is 7. The number of thioether (sulfide) groups is 1. The van der Waals surface area contributed by atoms with Gasteiger partial charge in [-0.3, -0.25) is 9.36 Å². The van der Waals surface area contributed by atoms with Crippen LogP contribution >= 0.6 is 11.8 Å². The Kier molecular flexibility index (Phi) is 5.07. The quantitative estimate of drug-likeness (QED) is 0.496. The second-order valence-corrected chi connectivity index (χ2v) is 7.79. The number of hydrogen-bond donors (Lipinski definition) is 1. The SMILES string of the molecule is Cc1cc(C(=O)CSc2nnc(N3CCCC3)n2Cc2ccco2)c(C)[nH]1. The summed E-state index contributed by atoms with van der Waals surface area (Å²) in [4.78, 5) is 18.1. The van der Waals surface area contributed by atoms with Gasteiger partial charge < -0.3 is 14.3 Å². The van der Waals surface area contributed by atoms with Crippen molar-refractivity contribution < 1.29 is 9.21 Å². The molecule has 1 N–H and O–H groups in total. The predicted molar refractivity (Wildman–Crippen MR) is 105 cm³/mol. The van der Waals surface area contributed by atoms with Crippen LogP contribution in [0.2, 0.25) is 0 Å². The second kappa shape index (κ2) is 7.64.